The molecule has 0 saturated carbocycles. The number of phenols is 1. The zero-order valence-electron chi connectivity index (χ0n) is 11.9. The lowest BCUT2D eigenvalue weighted by molar-refractivity contribution is 0.480. The highest BCUT2D eigenvalue weighted by Crippen LogP contribution is 2.33. The molecule has 0 amide bonds. The van der Waals surface area contributed by atoms with Crippen LogP contribution in [0.5, 0.6) is 5.75 Å². The molecule has 22 heavy (non-hydrogen) atoms. The van der Waals surface area contributed by atoms with E-state index in [1.165, 1.54) is 23.9 Å². The Morgan fingerprint density at radius 1 is 1.27 bits per heavy atom. The number of alkyl halides is 1. The van der Waals surface area contributed by atoms with Gasteiger partial charge in [0.15, 0.2) is 0 Å². The third-order valence-corrected chi connectivity index (χ3v) is 4.70. The number of hydrogen-bond donors (Lipinski definition) is 1. The molecule has 0 unspecified atom stereocenters. The van der Waals surface area contributed by atoms with E-state index in [1.807, 2.05) is 19.2 Å². The van der Waals surface area contributed by atoms with Crippen molar-refractivity contribution in [1.82, 2.24) is 9.78 Å². The smallest absolute Gasteiger partial charge is 0.124 e. The summed E-state index contributed by atoms with van der Waals surface area (Å²) in [6.45, 7) is 0. The van der Waals surface area contributed by atoms with Gasteiger partial charge in [-0.1, -0.05) is 0 Å². The minimum Gasteiger partial charge on any atom is -0.507 e. The van der Waals surface area contributed by atoms with Crippen LogP contribution in [0.25, 0.3) is 10.8 Å². The first kappa shape index (κ1) is 15.2. The van der Waals surface area contributed by atoms with Gasteiger partial charge >= 0.3 is 0 Å². The van der Waals surface area contributed by atoms with Crippen molar-refractivity contribution in [2.75, 3.05) is 0 Å². The molecular formula is C16H14ClFN2OS. The summed E-state index contributed by atoms with van der Waals surface area (Å²) < 4.78 is 15.1. The van der Waals surface area contributed by atoms with Gasteiger partial charge in [-0.15, -0.1) is 23.4 Å². The van der Waals surface area contributed by atoms with Gasteiger partial charge in [-0.3, -0.25) is 4.68 Å². The minimum atomic E-state index is -0.314. The number of hydrogen-bond acceptors (Lipinski definition) is 3. The summed E-state index contributed by atoms with van der Waals surface area (Å²) in [5.74, 6) is 0.919. The fraction of sp³-hybridized carbons (Fsp3) is 0.188. The summed E-state index contributed by atoms with van der Waals surface area (Å²) >= 11 is 7.37. The first-order chi connectivity index (χ1) is 10.6. The summed E-state index contributed by atoms with van der Waals surface area (Å²) in [7, 11) is 1.86. The van der Waals surface area contributed by atoms with Crippen molar-refractivity contribution in [1.29, 1.82) is 0 Å². The molecular weight excluding hydrogens is 323 g/mol. The Morgan fingerprint density at radius 2 is 2.09 bits per heavy atom. The van der Waals surface area contributed by atoms with E-state index in [2.05, 4.69) is 5.10 Å². The molecule has 0 atom stereocenters. The minimum absolute atomic E-state index is 0.155. The number of aromatic hydroxyl groups is 1. The van der Waals surface area contributed by atoms with E-state index in [-0.39, 0.29) is 11.6 Å². The molecule has 0 aliphatic heterocycles. The molecule has 3 nitrogen and oxygen atoms in total. The second-order valence-corrected chi connectivity index (χ2v) is 6.30. The van der Waals surface area contributed by atoms with Crippen LogP contribution in [0.1, 0.15) is 11.4 Å². The molecule has 1 heterocycles. The highest BCUT2D eigenvalue weighted by molar-refractivity contribution is 7.98. The van der Waals surface area contributed by atoms with Crippen LogP contribution in [-0.2, 0) is 18.7 Å². The summed E-state index contributed by atoms with van der Waals surface area (Å²) in [5.41, 5.74) is 1.88. The molecule has 0 fully saturated rings. The molecule has 1 aromatic heterocycles. The normalized spacial score (nSPS) is 11.2. The van der Waals surface area contributed by atoms with Crippen LogP contribution in [0.15, 0.2) is 41.3 Å². The SMILES string of the molecule is Cn1nc(CSc2cc(O)c3ccc(F)cc3c2)cc1CCl. The quantitative estimate of drug-likeness (QED) is 0.565. The van der Waals surface area contributed by atoms with Crippen LogP contribution < -0.4 is 0 Å². The maximum atomic E-state index is 13.3. The molecule has 3 aromatic rings. The van der Waals surface area contributed by atoms with Gasteiger partial charge in [-0.05, 0) is 41.8 Å². The van der Waals surface area contributed by atoms with Crippen molar-refractivity contribution in [3.05, 3.63) is 53.6 Å². The van der Waals surface area contributed by atoms with Crippen LogP contribution in [0.2, 0.25) is 0 Å². The number of phenolic OH excluding ortho intramolecular Hbond substituents is 1. The maximum Gasteiger partial charge on any atom is 0.124 e. The van der Waals surface area contributed by atoms with E-state index in [0.29, 0.717) is 22.4 Å². The predicted octanol–water partition coefficient (Wildman–Crippen LogP) is 4.45. The van der Waals surface area contributed by atoms with Gasteiger partial charge in [0.25, 0.3) is 0 Å². The van der Waals surface area contributed by atoms with E-state index in [1.54, 1.807) is 16.8 Å². The Balaban J connectivity index is 1.84. The van der Waals surface area contributed by atoms with E-state index in [0.717, 1.165) is 16.3 Å². The first-order valence-corrected chi connectivity index (χ1v) is 8.21. The van der Waals surface area contributed by atoms with Crippen molar-refractivity contribution in [2.24, 2.45) is 7.05 Å². The Morgan fingerprint density at radius 3 is 2.82 bits per heavy atom. The van der Waals surface area contributed by atoms with Crippen molar-refractivity contribution in [3.63, 3.8) is 0 Å². The Bertz CT molecular complexity index is 834. The van der Waals surface area contributed by atoms with Crippen LogP contribution >= 0.6 is 23.4 Å². The highest BCUT2D eigenvalue weighted by atomic mass is 35.5. The summed E-state index contributed by atoms with van der Waals surface area (Å²) in [5, 5.41) is 15.8. The number of aromatic nitrogens is 2. The second-order valence-electron chi connectivity index (χ2n) is 4.98. The van der Waals surface area contributed by atoms with Crippen molar-refractivity contribution >= 4 is 34.1 Å². The first-order valence-electron chi connectivity index (χ1n) is 6.69. The Hall–Kier alpha value is -1.72. The molecule has 0 saturated heterocycles. The topological polar surface area (TPSA) is 38.0 Å². The lowest BCUT2D eigenvalue weighted by Gasteiger charge is -2.05. The molecule has 0 spiro atoms. The van der Waals surface area contributed by atoms with E-state index in [4.69, 9.17) is 11.6 Å². The van der Waals surface area contributed by atoms with Gasteiger partial charge in [0.05, 0.1) is 17.3 Å². The standard InChI is InChI=1S/C16H14ClFN2OS/c1-20-13(8-17)6-12(19-20)9-22-14-5-10-4-11(18)2-3-15(10)16(21)7-14/h2-7,21H,8-9H2,1H3. The van der Waals surface area contributed by atoms with Gasteiger partial charge in [-0.25, -0.2) is 4.39 Å². The summed E-state index contributed by atoms with van der Waals surface area (Å²) in [4.78, 5) is 0.869. The van der Waals surface area contributed by atoms with Crippen LogP contribution in [-0.4, -0.2) is 14.9 Å². The fourth-order valence-electron chi connectivity index (χ4n) is 2.30. The molecule has 0 aliphatic carbocycles. The molecule has 114 valence electrons. The zero-order chi connectivity index (χ0) is 15.7. The zero-order valence-corrected chi connectivity index (χ0v) is 13.5. The number of nitrogens with zero attached hydrogens (tertiary/aromatic N) is 2. The number of fused-ring (bicyclic) bond motifs is 1. The Kier molecular flexibility index (Phi) is 4.27. The van der Waals surface area contributed by atoms with Gasteiger partial charge in [0.2, 0.25) is 0 Å². The molecule has 3 rings (SSSR count). The average molecular weight is 337 g/mol. The summed E-state index contributed by atoms with van der Waals surface area (Å²) in [6.07, 6.45) is 0. The monoisotopic (exact) mass is 336 g/mol. The largest absolute Gasteiger partial charge is 0.507 e. The molecule has 0 bridgehead atoms. The molecule has 0 aliphatic rings. The van der Waals surface area contributed by atoms with Crippen LogP contribution in [0.4, 0.5) is 4.39 Å². The van der Waals surface area contributed by atoms with Crippen LogP contribution in [0.3, 0.4) is 0 Å². The maximum absolute atomic E-state index is 13.3. The summed E-state index contributed by atoms with van der Waals surface area (Å²) in [6, 6.07) is 9.87. The van der Waals surface area contributed by atoms with Gasteiger partial charge < -0.3 is 5.11 Å². The molecule has 1 N–H and O–H groups in total. The molecule has 0 radical (unpaired) electrons. The molecule has 2 aromatic carbocycles. The van der Waals surface area contributed by atoms with Gasteiger partial charge in [0, 0.05) is 23.1 Å². The lowest BCUT2D eigenvalue weighted by atomic mass is 10.1. The third-order valence-electron chi connectivity index (χ3n) is 3.42. The highest BCUT2D eigenvalue weighted by Gasteiger charge is 2.08. The fourth-order valence-corrected chi connectivity index (χ4v) is 3.41. The van der Waals surface area contributed by atoms with E-state index in [9.17, 15) is 9.50 Å². The predicted molar refractivity (Wildman–Crippen MR) is 87.9 cm³/mol. The lowest BCUT2D eigenvalue weighted by Crippen LogP contribution is -1.95. The van der Waals surface area contributed by atoms with Gasteiger partial charge in [0.1, 0.15) is 11.6 Å². The van der Waals surface area contributed by atoms with Crippen molar-refractivity contribution in [2.45, 2.75) is 16.5 Å². The van der Waals surface area contributed by atoms with Crippen LogP contribution in [0, 0.1) is 5.82 Å². The number of rotatable bonds is 4. The average Bonchev–Trinajstić information content (AvgIpc) is 2.85. The third kappa shape index (κ3) is 3.05. The van der Waals surface area contributed by atoms with E-state index >= 15 is 0 Å². The number of aryl methyl sites for hydroxylation is 1. The van der Waals surface area contributed by atoms with Crippen molar-refractivity contribution in [3.8, 4) is 5.75 Å². The Labute approximate surface area is 136 Å². The second kappa shape index (κ2) is 6.18. The molecule has 6 heteroatoms. The number of benzene rings is 2. The van der Waals surface area contributed by atoms with E-state index < -0.39 is 0 Å². The number of halogens is 2. The van der Waals surface area contributed by atoms with Gasteiger partial charge in [-0.2, -0.15) is 5.10 Å². The van der Waals surface area contributed by atoms with Crippen molar-refractivity contribution < 1.29 is 9.50 Å². The number of thioether (sulfide) groups is 1.